The first kappa shape index (κ1) is 25.3. The zero-order valence-electron chi connectivity index (χ0n) is 18.9. The van der Waals surface area contributed by atoms with Crippen molar-refractivity contribution in [1.29, 1.82) is 0 Å². The third kappa shape index (κ3) is 4.83. The molecule has 5 atom stereocenters. The SMILES string of the molecule is OC[C@H]1O[C@@H](c2ncnn2Cc2cccc(Cl)c2)[C@H](O)[C@@H](n2cc(-c3cc(F)c(F)c(F)c3)nn2)[C@H]1O. The van der Waals surface area contributed by atoms with Crippen LogP contribution < -0.4 is 0 Å². The van der Waals surface area contributed by atoms with Crippen molar-refractivity contribution in [3.8, 4) is 11.3 Å². The van der Waals surface area contributed by atoms with Crippen LogP contribution in [0, 0.1) is 17.5 Å². The van der Waals surface area contributed by atoms with E-state index in [1.807, 2.05) is 6.07 Å². The molecular formula is C23H20ClF3N6O4. The lowest BCUT2D eigenvalue weighted by Gasteiger charge is -2.41. The average Bonchev–Trinajstić information content (AvgIpc) is 3.53. The van der Waals surface area contributed by atoms with E-state index in [0.29, 0.717) is 5.02 Å². The Labute approximate surface area is 212 Å². The minimum atomic E-state index is -1.62. The maximum Gasteiger partial charge on any atom is 0.194 e. The molecule has 3 heterocycles. The highest BCUT2D eigenvalue weighted by atomic mass is 35.5. The number of hydrogen-bond acceptors (Lipinski definition) is 8. The molecule has 0 bridgehead atoms. The van der Waals surface area contributed by atoms with Gasteiger partial charge in [-0.1, -0.05) is 28.9 Å². The molecule has 0 aliphatic carbocycles. The quantitative estimate of drug-likeness (QED) is 0.319. The average molecular weight is 537 g/mol. The molecule has 0 amide bonds. The number of aromatic nitrogens is 6. The van der Waals surface area contributed by atoms with Crippen LogP contribution in [0.1, 0.15) is 23.5 Å². The summed E-state index contributed by atoms with van der Waals surface area (Å²) in [5, 5.41) is 44.4. The van der Waals surface area contributed by atoms with Gasteiger partial charge in [-0.15, -0.1) is 5.10 Å². The Hall–Kier alpha value is -3.36. The number of nitrogens with zero attached hydrogens (tertiary/aromatic N) is 6. The smallest absolute Gasteiger partial charge is 0.194 e. The summed E-state index contributed by atoms with van der Waals surface area (Å²) in [6.07, 6.45) is -2.71. The molecule has 0 saturated carbocycles. The fraction of sp³-hybridized carbons (Fsp3) is 0.304. The fourth-order valence-electron chi connectivity index (χ4n) is 4.31. The van der Waals surface area contributed by atoms with Gasteiger partial charge < -0.3 is 20.1 Å². The van der Waals surface area contributed by atoms with Crippen LogP contribution in [-0.4, -0.2) is 70.0 Å². The zero-order chi connectivity index (χ0) is 26.3. The second-order valence-corrected chi connectivity index (χ2v) is 8.93. The number of aliphatic hydroxyl groups is 3. The molecule has 1 aliphatic heterocycles. The van der Waals surface area contributed by atoms with Gasteiger partial charge in [0.25, 0.3) is 0 Å². The molecule has 1 saturated heterocycles. The molecule has 10 nitrogen and oxygen atoms in total. The second-order valence-electron chi connectivity index (χ2n) is 8.49. The molecule has 3 N–H and O–H groups in total. The van der Waals surface area contributed by atoms with Gasteiger partial charge >= 0.3 is 0 Å². The summed E-state index contributed by atoms with van der Waals surface area (Å²) < 4.78 is 49.2. The van der Waals surface area contributed by atoms with Crippen LogP contribution >= 0.6 is 11.6 Å². The Morgan fingerprint density at radius 2 is 1.81 bits per heavy atom. The number of rotatable bonds is 6. The predicted molar refractivity (Wildman–Crippen MR) is 122 cm³/mol. The molecule has 1 fully saturated rings. The number of halogens is 4. The zero-order valence-corrected chi connectivity index (χ0v) is 19.6. The molecule has 1 aliphatic rings. The minimum absolute atomic E-state index is 0.0371. The number of hydrogen-bond donors (Lipinski definition) is 3. The van der Waals surface area contributed by atoms with E-state index in [1.54, 1.807) is 18.2 Å². The fourth-order valence-corrected chi connectivity index (χ4v) is 4.52. The third-order valence-corrected chi connectivity index (χ3v) is 6.34. The van der Waals surface area contributed by atoms with Gasteiger partial charge in [0, 0.05) is 10.6 Å². The monoisotopic (exact) mass is 536 g/mol. The first-order valence-corrected chi connectivity index (χ1v) is 11.5. The third-order valence-electron chi connectivity index (χ3n) is 6.11. The molecule has 2 aromatic carbocycles. The Balaban J connectivity index is 1.47. The van der Waals surface area contributed by atoms with Crippen molar-refractivity contribution in [2.75, 3.05) is 6.61 Å². The van der Waals surface area contributed by atoms with Crippen LogP contribution in [0.4, 0.5) is 13.2 Å². The van der Waals surface area contributed by atoms with Gasteiger partial charge in [-0.25, -0.2) is 27.5 Å². The van der Waals surface area contributed by atoms with Crippen molar-refractivity contribution in [2.45, 2.75) is 37.0 Å². The maximum absolute atomic E-state index is 13.7. The Kier molecular flexibility index (Phi) is 6.96. The van der Waals surface area contributed by atoms with Crippen molar-refractivity contribution < 1.29 is 33.2 Å². The summed E-state index contributed by atoms with van der Waals surface area (Å²) in [6, 6.07) is 7.37. The lowest BCUT2D eigenvalue weighted by Crippen LogP contribution is -2.53. The van der Waals surface area contributed by atoms with E-state index < -0.39 is 54.5 Å². The Morgan fingerprint density at radius 3 is 2.51 bits per heavy atom. The summed E-state index contributed by atoms with van der Waals surface area (Å²) in [4.78, 5) is 4.22. The molecule has 0 spiro atoms. The van der Waals surface area contributed by atoms with Crippen LogP contribution in [0.2, 0.25) is 5.02 Å². The largest absolute Gasteiger partial charge is 0.394 e. The van der Waals surface area contributed by atoms with Gasteiger partial charge in [0.15, 0.2) is 23.3 Å². The molecule has 0 radical (unpaired) electrons. The Bertz CT molecular complexity index is 1400. The molecule has 0 unspecified atom stereocenters. The normalized spacial score (nSPS) is 23.9. The molecule has 14 heteroatoms. The molecule has 37 heavy (non-hydrogen) atoms. The first-order chi connectivity index (χ1) is 17.8. The summed E-state index contributed by atoms with van der Waals surface area (Å²) in [7, 11) is 0. The molecule has 194 valence electrons. The Morgan fingerprint density at radius 1 is 1.05 bits per heavy atom. The predicted octanol–water partition coefficient (Wildman–Crippen LogP) is 2.05. The van der Waals surface area contributed by atoms with Crippen LogP contribution in [-0.2, 0) is 11.3 Å². The van der Waals surface area contributed by atoms with Crippen molar-refractivity contribution in [2.24, 2.45) is 0 Å². The van der Waals surface area contributed by atoms with E-state index in [-0.39, 0.29) is 23.6 Å². The topological polar surface area (TPSA) is 131 Å². The van der Waals surface area contributed by atoms with Crippen molar-refractivity contribution in [3.63, 3.8) is 0 Å². The van der Waals surface area contributed by atoms with Crippen LogP contribution in [0.3, 0.4) is 0 Å². The van der Waals surface area contributed by atoms with Gasteiger partial charge in [0.2, 0.25) is 0 Å². The van der Waals surface area contributed by atoms with Crippen LogP contribution in [0.25, 0.3) is 11.3 Å². The highest BCUT2D eigenvalue weighted by Gasteiger charge is 2.48. The van der Waals surface area contributed by atoms with E-state index in [1.165, 1.54) is 17.2 Å². The number of benzene rings is 2. The summed E-state index contributed by atoms with van der Waals surface area (Å²) >= 11 is 6.07. The molecular weight excluding hydrogens is 517 g/mol. The second kappa shape index (κ2) is 10.2. The van der Waals surface area contributed by atoms with Crippen molar-refractivity contribution in [3.05, 3.63) is 82.8 Å². The summed E-state index contributed by atoms with van der Waals surface area (Å²) in [6.45, 7) is -0.353. The van der Waals surface area contributed by atoms with Gasteiger partial charge in [0.1, 0.15) is 42.5 Å². The molecule has 2 aromatic heterocycles. The molecule has 5 rings (SSSR count). The van der Waals surface area contributed by atoms with Gasteiger partial charge in [-0.05, 0) is 29.8 Å². The standard InChI is InChI=1S/C23H20ClF3N6O4/c24-13-3-1-2-11(4-13)7-33-23(28-10-29-33)22-21(36)19(20(35)17(9-34)37-22)32-8-16(30-31-32)12-5-14(25)18(27)15(26)6-12/h1-6,8,10,17,19-22,34-36H,7,9H2/t17-,19+,20+,21-,22-/m1/s1. The van der Waals surface area contributed by atoms with Gasteiger partial charge in [-0.3, -0.25) is 0 Å². The summed E-state index contributed by atoms with van der Waals surface area (Å²) in [5.41, 5.74) is 0.666. The van der Waals surface area contributed by atoms with E-state index in [4.69, 9.17) is 16.3 Å². The lowest BCUT2D eigenvalue weighted by molar-refractivity contribution is -0.211. The minimum Gasteiger partial charge on any atom is -0.394 e. The van der Waals surface area contributed by atoms with Gasteiger partial charge in [-0.2, -0.15) is 5.10 Å². The van der Waals surface area contributed by atoms with E-state index in [0.717, 1.165) is 22.4 Å². The highest BCUT2D eigenvalue weighted by Crippen LogP contribution is 2.38. The van der Waals surface area contributed by atoms with Crippen molar-refractivity contribution >= 4 is 11.6 Å². The maximum atomic E-state index is 13.7. The van der Waals surface area contributed by atoms with Gasteiger partial charge in [0.05, 0.1) is 19.3 Å². The lowest BCUT2D eigenvalue weighted by atomic mass is 9.92. The van der Waals surface area contributed by atoms with E-state index >= 15 is 0 Å². The van der Waals surface area contributed by atoms with Crippen LogP contribution in [0.5, 0.6) is 0 Å². The van der Waals surface area contributed by atoms with Crippen LogP contribution in [0.15, 0.2) is 48.9 Å². The first-order valence-electron chi connectivity index (χ1n) is 11.1. The van der Waals surface area contributed by atoms with E-state index in [2.05, 4.69) is 20.4 Å². The number of aliphatic hydroxyl groups excluding tert-OH is 3. The molecule has 4 aromatic rings. The highest BCUT2D eigenvalue weighted by molar-refractivity contribution is 6.30. The van der Waals surface area contributed by atoms with Crippen molar-refractivity contribution in [1.82, 2.24) is 29.8 Å². The number of ether oxygens (including phenoxy) is 1. The van der Waals surface area contributed by atoms with E-state index in [9.17, 15) is 28.5 Å². The summed E-state index contributed by atoms with van der Waals surface area (Å²) in [5.74, 6) is -4.22.